The molecule has 0 heterocycles. The van der Waals surface area contributed by atoms with Crippen molar-refractivity contribution in [2.45, 2.75) is 65.2 Å². The molecule has 0 aromatic rings. The first-order valence-electron chi connectivity index (χ1n) is 9.70. The third kappa shape index (κ3) is 8.25. The monoisotopic (exact) mass is 339 g/mol. The van der Waals surface area contributed by atoms with Crippen LogP contribution in [-0.2, 0) is 0 Å². The molecule has 1 heteroatoms. The van der Waals surface area contributed by atoms with Crippen molar-refractivity contribution < 1.29 is 0 Å². The second kappa shape index (κ2) is 11.0. The zero-order valence-electron chi connectivity index (χ0n) is 16.4. The van der Waals surface area contributed by atoms with Gasteiger partial charge in [-0.2, -0.15) is 0 Å². The Morgan fingerprint density at radius 3 is 2.04 bits per heavy atom. The van der Waals surface area contributed by atoms with Crippen LogP contribution in [0.3, 0.4) is 0 Å². The van der Waals surface area contributed by atoms with Crippen LogP contribution < -0.4 is 5.73 Å². The van der Waals surface area contributed by atoms with Gasteiger partial charge in [-0.25, -0.2) is 0 Å². The quantitative estimate of drug-likeness (QED) is 0.425. The third-order valence-corrected chi connectivity index (χ3v) is 5.20. The van der Waals surface area contributed by atoms with Crippen LogP contribution in [0.4, 0.5) is 0 Å². The van der Waals surface area contributed by atoms with Crippen LogP contribution in [0.25, 0.3) is 0 Å². The summed E-state index contributed by atoms with van der Waals surface area (Å²) in [5.74, 6) is 1.83. The second-order valence-corrected chi connectivity index (χ2v) is 7.66. The molecular weight excluding hydrogens is 302 g/mol. The molecule has 0 spiro atoms. The lowest BCUT2D eigenvalue weighted by Crippen LogP contribution is -2.14. The standard InChI is InChI=1S/C24H37N/c1-7-8-22-13-15-23(16-14-22)12-10-19(4)17-24(25)21(6)20(5)11-9-18(2)3/h9,11,17,22-23H,2,4-8,10,12-16,25H2,1,3H3/b11-9-,24-17+. The molecule has 1 nitrogen and oxygen atoms in total. The van der Waals surface area contributed by atoms with Gasteiger partial charge in [-0.3, -0.25) is 0 Å². The van der Waals surface area contributed by atoms with Crippen molar-refractivity contribution >= 4 is 0 Å². The highest BCUT2D eigenvalue weighted by atomic mass is 14.6. The van der Waals surface area contributed by atoms with Crippen LogP contribution in [0, 0.1) is 11.8 Å². The molecule has 1 aliphatic carbocycles. The fourth-order valence-electron chi connectivity index (χ4n) is 3.51. The van der Waals surface area contributed by atoms with Gasteiger partial charge in [-0.1, -0.05) is 95.1 Å². The predicted octanol–water partition coefficient (Wildman–Crippen LogP) is 7.02. The molecule has 0 aromatic carbocycles. The lowest BCUT2D eigenvalue weighted by atomic mass is 9.78. The van der Waals surface area contributed by atoms with Crippen molar-refractivity contribution in [3.05, 3.63) is 72.5 Å². The van der Waals surface area contributed by atoms with E-state index in [0.29, 0.717) is 5.70 Å². The minimum absolute atomic E-state index is 0.660. The van der Waals surface area contributed by atoms with E-state index < -0.39 is 0 Å². The zero-order valence-corrected chi connectivity index (χ0v) is 16.4. The Morgan fingerprint density at radius 1 is 0.960 bits per heavy atom. The molecule has 0 radical (unpaired) electrons. The summed E-state index contributed by atoms with van der Waals surface area (Å²) in [6, 6.07) is 0. The molecule has 0 aliphatic heterocycles. The van der Waals surface area contributed by atoms with Crippen molar-refractivity contribution in [2.75, 3.05) is 0 Å². The van der Waals surface area contributed by atoms with Crippen LogP contribution in [-0.4, -0.2) is 0 Å². The first kappa shape index (κ1) is 21.3. The lowest BCUT2D eigenvalue weighted by molar-refractivity contribution is 0.252. The highest BCUT2D eigenvalue weighted by Gasteiger charge is 2.20. The van der Waals surface area contributed by atoms with Gasteiger partial charge in [-0.05, 0) is 48.8 Å². The summed E-state index contributed by atoms with van der Waals surface area (Å²) in [4.78, 5) is 0. The molecule has 0 unspecified atom stereocenters. The van der Waals surface area contributed by atoms with Crippen LogP contribution >= 0.6 is 0 Å². The molecule has 0 amide bonds. The second-order valence-electron chi connectivity index (χ2n) is 7.66. The normalized spacial score (nSPS) is 21.3. The van der Waals surface area contributed by atoms with Crippen LogP contribution in [0.5, 0.6) is 0 Å². The summed E-state index contributed by atoms with van der Waals surface area (Å²) in [7, 11) is 0. The largest absolute Gasteiger partial charge is 0.398 e. The van der Waals surface area contributed by atoms with E-state index in [4.69, 9.17) is 5.73 Å². The van der Waals surface area contributed by atoms with Crippen LogP contribution in [0.2, 0.25) is 0 Å². The SMILES string of the molecule is C=C(C)/C=C\C(=C)C(=C)/C(N)=C\C(=C)CCC1CCC(CCC)CC1. The van der Waals surface area contributed by atoms with Crippen molar-refractivity contribution in [2.24, 2.45) is 17.6 Å². The Labute approximate surface area is 155 Å². The van der Waals surface area contributed by atoms with Gasteiger partial charge in [0.25, 0.3) is 0 Å². The minimum Gasteiger partial charge on any atom is -0.398 e. The highest BCUT2D eigenvalue weighted by molar-refractivity contribution is 5.49. The summed E-state index contributed by atoms with van der Waals surface area (Å²) in [6.45, 7) is 20.3. The number of hydrogen-bond donors (Lipinski definition) is 1. The van der Waals surface area contributed by atoms with Crippen molar-refractivity contribution in [1.29, 1.82) is 0 Å². The number of allylic oxidation sites excluding steroid dienone is 6. The molecule has 0 bridgehead atoms. The van der Waals surface area contributed by atoms with E-state index in [1.807, 2.05) is 25.2 Å². The highest BCUT2D eigenvalue weighted by Crippen LogP contribution is 2.34. The molecule has 1 rings (SSSR count). The fraction of sp³-hybridized carbons (Fsp3) is 0.500. The molecule has 138 valence electrons. The molecule has 1 aliphatic rings. The van der Waals surface area contributed by atoms with E-state index in [-0.39, 0.29) is 0 Å². The molecule has 25 heavy (non-hydrogen) atoms. The molecule has 1 fully saturated rings. The maximum absolute atomic E-state index is 6.17. The van der Waals surface area contributed by atoms with Gasteiger partial charge in [0, 0.05) is 5.70 Å². The number of nitrogens with two attached hydrogens (primary N) is 1. The molecule has 0 saturated heterocycles. The van der Waals surface area contributed by atoms with Gasteiger partial charge >= 0.3 is 0 Å². The fourth-order valence-corrected chi connectivity index (χ4v) is 3.51. The van der Waals surface area contributed by atoms with Gasteiger partial charge in [0.15, 0.2) is 0 Å². The molecule has 1 saturated carbocycles. The average molecular weight is 340 g/mol. The van der Waals surface area contributed by atoms with E-state index in [2.05, 4.69) is 33.2 Å². The van der Waals surface area contributed by atoms with Crippen LogP contribution in [0.15, 0.2) is 72.5 Å². The summed E-state index contributed by atoms with van der Waals surface area (Å²) in [6.07, 6.45) is 16.4. The third-order valence-electron chi connectivity index (χ3n) is 5.20. The van der Waals surface area contributed by atoms with Crippen molar-refractivity contribution in [3.63, 3.8) is 0 Å². The smallest absolute Gasteiger partial charge is 0.0390 e. The molecule has 2 N–H and O–H groups in total. The molecule has 0 atom stereocenters. The Hall–Kier alpha value is -1.76. The van der Waals surface area contributed by atoms with Gasteiger partial charge in [0.05, 0.1) is 0 Å². The summed E-state index contributed by atoms with van der Waals surface area (Å²) in [5.41, 5.74) is 10.5. The molecule has 0 aromatic heterocycles. The number of rotatable bonds is 10. The lowest BCUT2D eigenvalue weighted by Gasteiger charge is -2.28. The average Bonchev–Trinajstić information content (AvgIpc) is 2.58. The summed E-state index contributed by atoms with van der Waals surface area (Å²) < 4.78 is 0. The Balaban J connectivity index is 2.42. The summed E-state index contributed by atoms with van der Waals surface area (Å²) in [5, 5.41) is 0. The van der Waals surface area contributed by atoms with Gasteiger partial charge in [0.1, 0.15) is 0 Å². The van der Waals surface area contributed by atoms with Gasteiger partial charge in [0.2, 0.25) is 0 Å². The predicted molar refractivity (Wildman–Crippen MR) is 113 cm³/mol. The van der Waals surface area contributed by atoms with E-state index >= 15 is 0 Å². The first-order chi connectivity index (χ1) is 11.8. The Kier molecular flexibility index (Phi) is 9.34. The number of hydrogen-bond acceptors (Lipinski definition) is 1. The molecular formula is C24H37N. The maximum Gasteiger partial charge on any atom is 0.0390 e. The Bertz CT molecular complexity index is 551. The Morgan fingerprint density at radius 2 is 1.52 bits per heavy atom. The van der Waals surface area contributed by atoms with Crippen LogP contribution in [0.1, 0.15) is 65.2 Å². The zero-order chi connectivity index (χ0) is 18.8. The van der Waals surface area contributed by atoms with E-state index in [1.54, 1.807) is 0 Å². The summed E-state index contributed by atoms with van der Waals surface area (Å²) >= 11 is 0. The minimum atomic E-state index is 0.660. The first-order valence-corrected chi connectivity index (χ1v) is 9.70. The van der Waals surface area contributed by atoms with Crippen molar-refractivity contribution in [1.82, 2.24) is 0 Å². The van der Waals surface area contributed by atoms with E-state index in [0.717, 1.165) is 40.5 Å². The van der Waals surface area contributed by atoms with Crippen molar-refractivity contribution in [3.8, 4) is 0 Å². The van der Waals surface area contributed by atoms with E-state index in [9.17, 15) is 0 Å². The topological polar surface area (TPSA) is 26.0 Å². The maximum atomic E-state index is 6.17. The van der Waals surface area contributed by atoms with Gasteiger partial charge in [-0.15, -0.1) is 0 Å². The van der Waals surface area contributed by atoms with Gasteiger partial charge < -0.3 is 5.73 Å². The van der Waals surface area contributed by atoms with E-state index in [1.165, 1.54) is 44.9 Å².